The molecule has 1 aliphatic rings. The van der Waals surface area contributed by atoms with E-state index in [2.05, 4.69) is 54.5 Å². The monoisotopic (exact) mass is 543 g/mol. The standard InChI is InChI=1S/C34H42FN3O2/c1-34(2,3)27-14-12-25(13-15-27)31(39)9-6-20-37-21-18-26(19-22-37)32(40)33-36-29-7-4-5-8-30(29)38(33)23-24-10-16-28(35)17-11-24/h4-5,7-8,10-17,26,31-32,39-40H,6,9,18-23H2,1-3H3. The summed E-state index contributed by atoms with van der Waals surface area (Å²) in [5.74, 6) is 0.562. The van der Waals surface area contributed by atoms with Crippen LogP contribution in [0.5, 0.6) is 0 Å². The van der Waals surface area contributed by atoms with Gasteiger partial charge in [-0.3, -0.25) is 0 Å². The molecular weight excluding hydrogens is 501 g/mol. The normalized spacial score (nSPS) is 16.9. The molecule has 3 aromatic carbocycles. The van der Waals surface area contributed by atoms with Crippen molar-refractivity contribution in [3.8, 4) is 0 Å². The zero-order valence-electron chi connectivity index (χ0n) is 23.9. The number of hydrogen-bond donors (Lipinski definition) is 2. The Morgan fingerprint density at radius 2 is 1.60 bits per heavy atom. The summed E-state index contributed by atoms with van der Waals surface area (Å²) >= 11 is 0. The van der Waals surface area contributed by atoms with E-state index in [1.165, 1.54) is 17.7 Å². The van der Waals surface area contributed by atoms with Crippen LogP contribution >= 0.6 is 0 Å². The summed E-state index contributed by atoms with van der Waals surface area (Å²) < 4.78 is 15.5. The number of halogens is 1. The van der Waals surface area contributed by atoms with Crippen LogP contribution in [0.25, 0.3) is 11.0 Å². The maximum absolute atomic E-state index is 13.5. The summed E-state index contributed by atoms with van der Waals surface area (Å²) in [4.78, 5) is 7.28. The van der Waals surface area contributed by atoms with Crippen LogP contribution in [-0.4, -0.2) is 44.3 Å². The summed E-state index contributed by atoms with van der Waals surface area (Å²) in [6.45, 7) is 9.93. The Morgan fingerprint density at radius 3 is 2.27 bits per heavy atom. The zero-order chi connectivity index (χ0) is 28.3. The molecule has 1 saturated heterocycles. The molecule has 0 amide bonds. The number of hydrogen-bond acceptors (Lipinski definition) is 4. The number of likely N-dealkylation sites (tertiary alicyclic amines) is 1. The molecule has 1 fully saturated rings. The Morgan fingerprint density at radius 1 is 0.925 bits per heavy atom. The van der Waals surface area contributed by atoms with Crippen LogP contribution in [0, 0.1) is 11.7 Å². The molecule has 40 heavy (non-hydrogen) atoms. The Kier molecular flexibility index (Phi) is 8.69. The molecule has 1 aliphatic heterocycles. The molecule has 1 aromatic heterocycles. The highest BCUT2D eigenvalue weighted by Crippen LogP contribution is 2.33. The van der Waals surface area contributed by atoms with Crippen LogP contribution in [0.1, 0.15) is 81.2 Å². The van der Waals surface area contributed by atoms with E-state index in [9.17, 15) is 14.6 Å². The molecule has 2 heterocycles. The van der Waals surface area contributed by atoms with Crippen molar-refractivity contribution < 1.29 is 14.6 Å². The third-order valence-corrected chi connectivity index (χ3v) is 8.39. The van der Waals surface area contributed by atoms with E-state index in [-0.39, 0.29) is 17.2 Å². The van der Waals surface area contributed by atoms with Crippen LogP contribution in [0.4, 0.5) is 4.39 Å². The van der Waals surface area contributed by atoms with Crippen molar-refractivity contribution in [1.29, 1.82) is 0 Å². The van der Waals surface area contributed by atoms with E-state index in [1.807, 2.05) is 24.3 Å². The number of rotatable bonds is 9. The van der Waals surface area contributed by atoms with Gasteiger partial charge in [-0.2, -0.15) is 0 Å². The number of fused-ring (bicyclic) bond motifs is 1. The topological polar surface area (TPSA) is 61.5 Å². The fourth-order valence-corrected chi connectivity index (χ4v) is 5.84. The number of para-hydroxylation sites is 2. The van der Waals surface area contributed by atoms with E-state index in [4.69, 9.17) is 4.98 Å². The molecule has 0 aliphatic carbocycles. The highest BCUT2D eigenvalue weighted by atomic mass is 19.1. The molecule has 0 bridgehead atoms. The van der Waals surface area contributed by atoms with Crippen LogP contribution in [0.2, 0.25) is 0 Å². The van der Waals surface area contributed by atoms with E-state index in [1.54, 1.807) is 12.1 Å². The van der Waals surface area contributed by atoms with Gasteiger partial charge in [0, 0.05) is 6.54 Å². The molecule has 4 aromatic rings. The zero-order valence-corrected chi connectivity index (χ0v) is 23.9. The molecular formula is C34H42FN3O2. The second-order valence-corrected chi connectivity index (χ2v) is 12.3. The summed E-state index contributed by atoms with van der Waals surface area (Å²) in [6.07, 6.45) is 2.37. The maximum Gasteiger partial charge on any atom is 0.139 e. The smallest absolute Gasteiger partial charge is 0.139 e. The molecule has 5 rings (SSSR count). The van der Waals surface area contributed by atoms with Crippen molar-refractivity contribution in [3.63, 3.8) is 0 Å². The summed E-state index contributed by atoms with van der Waals surface area (Å²) in [6, 6.07) is 22.8. The Labute approximate surface area is 237 Å². The van der Waals surface area contributed by atoms with E-state index in [0.29, 0.717) is 12.4 Å². The van der Waals surface area contributed by atoms with Crippen LogP contribution < -0.4 is 0 Å². The Bertz CT molecular complexity index is 1380. The molecule has 6 heteroatoms. The molecule has 2 atom stereocenters. The number of piperidine rings is 1. The number of benzene rings is 3. The quantitative estimate of drug-likeness (QED) is 0.244. The summed E-state index contributed by atoms with van der Waals surface area (Å²) in [5.41, 5.74) is 5.18. The van der Waals surface area contributed by atoms with Gasteiger partial charge in [-0.25, -0.2) is 9.37 Å². The van der Waals surface area contributed by atoms with Crippen molar-refractivity contribution in [2.75, 3.05) is 19.6 Å². The van der Waals surface area contributed by atoms with Gasteiger partial charge in [0.15, 0.2) is 0 Å². The average molecular weight is 544 g/mol. The summed E-state index contributed by atoms with van der Waals surface area (Å²) in [7, 11) is 0. The highest BCUT2D eigenvalue weighted by molar-refractivity contribution is 5.76. The van der Waals surface area contributed by atoms with Crippen LogP contribution in [0.3, 0.4) is 0 Å². The predicted molar refractivity (Wildman–Crippen MR) is 159 cm³/mol. The van der Waals surface area contributed by atoms with Gasteiger partial charge in [0.05, 0.1) is 17.1 Å². The van der Waals surface area contributed by atoms with Gasteiger partial charge < -0.3 is 19.7 Å². The lowest BCUT2D eigenvalue weighted by Crippen LogP contribution is -2.36. The van der Waals surface area contributed by atoms with Crippen molar-refractivity contribution in [3.05, 3.63) is 101 Å². The first kappa shape index (κ1) is 28.5. The molecule has 0 saturated carbocycles. The van der Waals surface area contributed by atoms with Crippen molar-refractivity contribution >= 4 is 11.0 Å². The van der Waals surface area contributed by atoms with Crippen molar-refractivity contribution in [2.45, 2.75) is 70.6 Å². The minimum atomic E-state index is -0.659. The van der Waals surface area contributed by atoms with Crippen LogP contribution in [0.15, 0.2) is 72.8 Å². The third kappa shape index (κ3) is 6.63. The van der Waals surface area contributed by atoms with E-state index in [0.717, 1.165) is 67.5 Å². The first-order valence-corrected chi connectivity index (χ1v) is 14.6. The minimum absolute atomic E-state index is 0.110. The van der Waals surface area contributed by atoms with Crippen molar-refractivity contribution in [2.24, 2.45) is 5.92 Å². The Balaban J connectivity index is 1.16. The molecule has 212 valence electrons. The Hall–Kier alpha value is -3.06. The SMILES string of the molecule is CC(C)(C)c1ccc(C(O)CCCN2CCC(C(O)c3nc4ccccc4n3Cc3ccc(F)cc3)CC2)cc1. The number of nitrogens with zero attached hydrogens (tertiary/aromatic N) is 3. The average Bonchev–Trinajstić information content (AvgIpc) is 3.32. The van der Waals surface area contributed by atoms with Gasteiger partial charge >= 0.3 is 0 Å². The lowest BCUT2D eigenvalue weighted by molar-refractivity contribution is 0.0494. The second-order valence-electron chi connectivity index (χ2n) is 12.3. The van der Waals surface area contributed by atoms with Crippen molar-refractivity contribution in [1.82, 2.24) is 14.5 Å². The molecule has 0 spiro atoms. The maximum atomic E-state index is 13.5. The molecule has 5 nitrogen and oxygen atoms in total. The predicted octanol–water partition coefficient (Wildman–Crippen LogP) is 6.78. The van der Waals surface area contributed by atoms with E-state index >= 15 is 0 Å². The number of aromatic nitrogens is 2. The molecule has 2 unspecified atom stereocenters. The van der Waals surface area contributed by atoms with Gasteiger partial charge in [-0.1, -0.05) is 69.3 Å². The van der Waals surface area contributed by atoms with Gasteiger partial charge in [0.25, 0.3) is 0 Å². The lowest BCUT2D eigenvalue weighted by Gasteiger charge is -2.34. The van der Waals surface area contributed by atoms with Gasteiger partial charge in [0.2, 0.25) is 0 Å². The van der Waals surface area contributed by atoms with Gasteiger partial charge in [0.1, 0.15) is 17.7 Å². The lowest BCUT2D eigenvalue weighted by atomic mass is 9.86. The fraction of sp³-hybridized carbons (Fsp3) is 0.441. The van der Waals surface area contributed by atoms with Gasteiger partial charge in [-0.05, 0) is 97.6 Å². The summed E-state index contributed by atoms with van der Waals surface area (Å²) in [5, 5.41) is 22.2. The van der Waals surface area contributed by atoms with E-state index < -0.39 is 12.2 Å². The number of aliphatic hydroxyl groups excluding tert-OH is 2. The van der Waals surface area contributed by atoms with Crippen LogP contribution in [-0.2, 0) is 12.0 Å². The fourth-order valence-electron chi connectivity index (χ4n) is 5.84. The first-order valence-electron chi connectivity index (χ1n) is 14.6. The molecule has 0 radical (unpaired) electrons. The third-order valence-electron chi connectivity index (χ3n) is 8.39. The number of imidazole rings is 1. The number of aliphatic hydroxyl groups is 2. The second kappa shape index (κ2) is 12.2. The molecule has 2 N–H and O–H groups in total. The first-order chi connectivity index (χ1) is 19.2. The largest absolute Gasteiger partial charge is 0.388 e. The minimum Gasteiger partial charge on any atom is -0.388 e. The van der Waals surface area contributed by atoms with Gasteiger partial charge in [-0.15, -0.1) is 0 Å². The highest BCUT2D eigenvalue weighted by Gasteiger charge is 2.30.